The van der Waals surface area contributed by atoms with Crippen LogP contribution in [0.3, 0.4) is 0 Å². The van der Waals surface area contributed by atoms with Crippen molar-refractivity contribution in [2.75, 3.05) is 5.32 Å². The standard InChI is InChI=1S/C35H37NO3/c1-22-5-4-6-25(19-22)31-21-34(3)32(30-13-9-26-20-28(38)12-14-29(26)33(30)31)16-18-35(34,39)17-15-24-7-10-27(11-8-24)36-23(2)37/h4-8,10-11,19-20,30-32,39H,9,12-14,16,18,21H2,1-3H3,(H,36,37)/t30-,31+,32-,34-,35-/m0/s1. The Labute approximate surface area is 231 Å². The molecule has 4 aliphatic carbocycles. The van der Waals surface area contributed by atoms with Gasteiger partial charge < -0.3 is 10.4 Å². The molecule has 0 radical (unpaired) electrons. The van der Waals surface area contributed by atoms with E-state index in [0.29, 0.717) is 24.7 Å². The minimum absolute atomic E-state index is 0.104. The lowest BCUT2D eigenvalue weighted by molar-refractivity contribution is -0.115. The van der Waals surface area contributed by atoms with E-state index >= 15 is 0 Å². The fourth-order valence-electron chi connectivity index (χ4n) is 8.07. The minimum atomic E-state index is -1.08. The maximum atomic E-state index is 12.3. The molecule has 0 spiro atoms. The van der Waals surface area contributed by atoms with Gasteiger partial charge in [0.05, 0.1) is 0 Å². The van der Waals surface area contributed by atoms with Gasteiger partial charge in [0.1, 0.15) is 5.60 Å². The molecular weight excluding hydrogens is 482 g/mol. The van der Waals surface area contributed by atoms with E-state index in [0.717, 1.165) is 43.4 Å². The van der Waals surface area contributed by atoms with Gasteiger partial charge in [0.2, 0.25) is 5.91 Å². The molecule has 2 saturated carbocycles. The van der Waals surface area contributed by atoms with E-state index in [2.05, 4.69) is 55.3 Å². The lowest BCUT2D eigenvalue weighted by atomic mass is 9.51. The number of rotatable bonds is 2. The monoisotopic (exact) mass is 519 g/mol. The third kappa shape index (κ3) is 4.47. The second kappa shape index (κ2) is 9.65. The zero-order valence-corrected chi connectivity index (χ0v) is 23.1. The molecule has 0 heterocycles. The molecule has 0 bridgehead atoms. The van der Waals surface area contributed by atoms with Gasteiger partial charge in [0.25, 0.3) is 0 Å². The molecule has 0 unspecified atom stereocenters. The van der Waals surface area contributed by atoms with Crippen LogP contribution in [0.2, 0.25) is 0 Å². The number of ketones is 1. The van der Waals surface area contributed by atoms with Crippen molar-refractivity contribution < 1.29 is 14.7 Å². The summed E-state index contributed by atoms with van der Waals surface area (Å²) in [6, 6.07) is 16.3. The first-order valence-electron chi connectivity index (χ1n) is 14.3. The van der Waals surface area contributed by atoms with Crippen molar-refractivity contribution in [2.45, 2.75) is 77.2 Å². The van der Waals surface area contributed by atoms with Gasteiger partial charge in [0.15, 0.2) is 5.78 Å². The smallest absolute Gasteiger partial charge is 0.221 e. The Kier molecular flexibility index (Phi) is 6.39. The number of hydrogen-bond donors (Lipinski definition) is 2. The summed E-state index contributed by atoms with van der Waals surface area (Å²) < 4.78 is 0. The van der Waals surface area contributed by atoms with Gasteiger partial charge in [-0.25, -0.2) is 0 Å². The van der Waals surface area contributed by atoms with E-state index in [1.807, 2.05) is 30.3 Å². The molecule has 1 amide bonds. The lowest BCUT2D eigenvalue weighted by Crippen LogP contribution is -2.51. The molecular formula is C35H37NO3. The van der Waals surface area contributed by atoms with Crippen LogP contribution in [0.1, 0.15) is 81.4 Å². The van der Waals surface area contributed by atoms with Gasteiger partial charge in [-0.3, -0.25) is 9.59 Å². The van der Waals surface area contributed by atoms with Crippen LogP contribution in [-0.4, -0.2) is 22.4 Å². The zero-order valence-electron chi connectivity index (χ0n) is 23.1. The number of allylic oxidation sites excluding steroid dienone is 4. The number of hydrogen-bond acceptors (Lipinski definition) is 3. The number of amides is 1. The third-order valence-corrected chi connectivity index (χ3v) is 9.95. The summed E-state index contributed by atoms with van der Waals surface area (Å²) in [6.07, 6.45) is 7.84. The summed E-state index contributed by atoms with van der Waals surface area (Å²) in [4.78, 5) is 23.6. The van der Waals surface area contributed by atoms with Gasteiger partial charge in [-0.15, -0.1) is 0 Å². The molecule has 0 saturated heterocycles. The first-order valence-corrected chi connectivity index (χ1v) is 14.3. The Bertz CT molecular complexity index is 1470. The van der Waals surface area contributed by atoms with E-state index in [1.54, 1.807) is 5.57 Å². The van der Waals surface area contributed by atoms with Crippen LogP contribution in [0.15, 0.2) is 71.3 Å². The Morgan fingerprint density at radius 3 is 2.62 bits per heavy atom. The van der Waals surface area contributed by atoms with Gasteiger partial charge in [-0.1, -0.05) is 54.2 Å². The second-order valence-corrected chi connectivity index (χ2v) is 12.3. The highest BCUT2D eigenvalue weighted by Gasteiger charge is 2.62. The van der Waals surface area contributed by atoms with Crippen LogP contribution < -0.4 is 5.32 Å². The summed E-state index contributed by atoms with van der Waals surface area (Å²) in [5, 5.41) is 15.0. The van der Waals surface area contributed by atoms with Gasteiger partial charge in [-0.2, -0.15) is 0 Å². The van der Waals surface area contributed by atoms with Crippen molar-refractivity contribution in [3.63, 3.8) is 0 Å². The molecule has 2 fully saturated rings. The van der Waals surface area contributed by atoms with Crippen LogP contribution in [0.4, 0.5) is 5.69 Å². The van der Waals surface area contributed by atoms with Crippen molar-refractivity contribution in [2.24, 2.45) is 17.3 Å². The van der Waals surface area contributed by atoms with E-state index in [9.17, 15) is 14.7 Å². The van der Waals surface area contributed by atoms with Gasteiger partial charge in [-0.05, 0) is 104 Å². The van der Waals surface area contributed by atoms with Crippen molar-refractivity contribution in [1.29, 1.82) is 0 Å². The molecule has 6 rings (SSSR count). The number of anilines is 1. The quantitative estimate of drug-likeness (QED) is 0.438. The van der Waals surface area contributed by atoms with Crippen molar-refractivity contribution in [3.8, 4) is 11.8 Å². The van der Waals surface area contributed by atoms with Gasteiger partial charge in [0, 0.05) is 35.9 Å². The molecule has 2 aromatic carbocycles. The van der Waals surface area contributed by atoms with Crippen LogP contribution in [0.5, 0.6) is 0 Å². The topological polar surface area (TPSA) is 66.4 Å². The predicted molar refractivity (Wildman–Crippen MR) is 154 cm³/mol. The van der Waals surface area contributed by atoms with E-state index < -0.39 is 5.60 Å². The van der Waals surface area contributed by atoms with Crippen LogP contribution in [-0.2, 0) is 9.59 Å². The third-order valence-electron chi connectivity index (χ3n) is 9.95. The second-order valence-electron chi connectivity index (χ2n) is 12.3. The minimum Gasteiger partial charge on any atom is -0.377 e. The molecule has 4 heteroatoms. The highest BCUT2D eigenvalue weighted by molar-refractivity contribution is 5.93. The van der Waals surface area contributed by atoms with Crippen LogP contribution >= 0.6 is 0 Å². The molecule has 2 aromatic rings. The summed E-state index contributed by atoms with van der Waals surface area (Å²) in [7, 11) is 0. The highest BCUT2D eigenvalue weighted by atomic mass is 16.3. The first kappa shape index (κ1) is 25.8. The summed E-state index contributed by atoms with van der Waals surface area (Å²) in [5.41, 5.74) is 6.94. The Morgan fingerprint density at radius 1 is 1.08 bits per heavy atom. The highest BCUT2D eigenvalue weighted by Crippen LogP contribution is 2.66. The Hall–Kier alpha value is -3.42. The van der Waals surface area contributed by atoms with Crippen LogP contribution in [0, 0.1) is 36.0 Å². The molecule has 4 aliphatic rings. The molecule has 5 atom stereocenters. The van der Waals surface area contributed by atoms with Gasteiger partial charge >= 0.3 is 0 Å². The first-order chi connectivity index (χ1) is 18.7. The maximum absolute atomic E-state index is 12.3. The number of carbonyl (C=O) groups is 2. The number of aliphatic hydroxyl groups is 1. The normalized spacial score (nSPS) is 31.3. The lowest BCUT2D eigenvalue weighted by Gasteiger charge is -2.53. The van der Waals surface area contributed by atoms with Crippen molar-refractivity contribution in [1.82, 2.24) is 0 Å². The Balaban J connectivity index is 1.40. The number of fused-ring (bicyclic) bond motifs is 4. The number of nitrogens with one attached hydrogen (secondary N) is 1. The van der Waals surface area contributed by atoms with E-state index in [1.165, 1.54) is 29.2 Å². The van der Waals surface area contributed by atoms with Crippen molar-refractivity contribution >= 4 is 17.4 Å². The maximum Gasteiger partial charge on any atom is 0.221 e. The molecule has 0 aliphatic heterocycles. The zero-order chi connectivity index (χ0) is 27.4. The SMILES string of the molecule is CC(=O)Nc1ccc(C#C[C@]2(O)CC[C@H]3[C@@H]4CCC5=CC(=O)CCC5=C4[C@@H](c4cccc(C)c4)C[C@@]32C)cc1. The summed E-state index contributed by atoms with van der Waals surface area (Å²) in [6.45, 7) is 5.92. The largest absolute Gasteiger partial charge is 0.377 e. The predicted octanol–water partition coefficient (Wildman–Crippen LogP) is 6.64. The fourth-order valence-corrected chi connectivity index (χ4v) is 8.07. The molecule has 0 aromatic heterocycles. The summed E-state index contributed by atoms with van der Waals surface area (Å²) >= 11 is 0. The average molecular weight is 520 g/mol. The number of benzene rings is 2. The van der Waals surface area contributed by atoms with E-state index in [-0.39, 0.29) is 23.0 Å². The summed E-state index contributed by atoms with van der Waals surface area (Å²) in [5.74, 6) is 7.78. The Morgan fingerprint density at radius 2 is 1.87 bits per heavy atom. The number of aryl methyl sites for hydroxylation is 1. The molecule has 39 heavy (non-hydrogen) atoms. The average Bonchev–Trinajstić information content (AvgIpc) is 3.17. The molecule has 200 valence electrons. The molecule has 2 N–H and O–H groups in total. The van der Waals surface area contributed by atoms with Crippen molar-refractivity contribution in [3.05, 3.63) is 88.0 Å². The number of carbonyl (C=O) groups excluding carboxylic acids is 2. The molecule has 4 nitrogen and oxygen atoms in total. The van der Waals surface area contributed by atoms with E-state index in [4.69, 9.17) is 0 Å². The van der Waals surface area contributed by atoms with Crippen LogP contribution in [0.25, 0.3) is 0 Å². The fraction of sp³-hybridized carbons (Fsp3) is 0.429.